The average molecular weight is 291 g/mol. The van der Waals surface area contributed by atoms with Crippen LogP contribution in [-0.2, 0) is 17.9 Å². The molecule has 1 amide bonds. The Labute approximate surface area is 126 Å². The summed E-state index contributed by atoms with van der Waals surface area (Å²) in [4.78, 5) is 14.7. The van der Waals surface area contributed by atoms with Gasteiger partial charge in [0, 0.05) is 32.7 Å². The molecular weight excluding hydrogens is 266 g/mol. The summed E-state index contributed by atoms with van der Waals surface area (Å²) in [5.41, 5.74) is 1.43. The molecule has 1 heterocycles. The van der Waals surface area contributed by atoms with Crippen molar-refractivity contribution in [3.8, 4) is 0 Å². The SMILES string of the molecule is CC(C)(C(=O)NCc1ccc(CO)cc1)N1CCNCC1. The average Bonchev–Trinajstić information content (AvgIpc) is 2.53. The largest absolute Gasteiger partial charge is 0.392 e. The molecule has 1 aliphatic rings. The summed E-state index contributed by atoms with van der Waals surface area (Å²) >= 11 is 0. The molecule has 5 nitrogen and oxygen atoms in total. The number of carbonyl (C=O) groups excluding carboxylic acids is 1. The lowest BCUT2D eigenvalue weighted by Crippen LogP contribution is -2.59. The number of carbonyl (C=O) groups is 1. The molecule has 1 aromatic carbocycles. The van der Waals surface area contributed by atoms with Crippen molar-refractivity contribution in [2.75, 3.05) is 26.2 Å². The first-order valence-electron chi connectivity index (χ1n) is 7.47. The number of hydrogen-bond acceptors (Lipinski definition) is 4. The maximum absolute atomic E-state index is 12.4. The molecule has 0 aromatic heterocycles. The van der Waals surface area contributed by atoms with Crippen molar-refractivity contribution in [1.82, 2.24) is 15.5 Å². The van der Waals surface area contributed by atoms with E-state index in [1.165, 1.54) is 0 Å². The molecule has 0 aliphatic carbocycles. The van der Waals surface area contributed by atoms with E-state index in [2.05, 4.69) is 15.5 Å². The Morgan fingerprint density at radius 3 is 2.38 bits per heavy atom. The number of amides is 1. The fourth-order valence-electron chi connectivity index (χ4n) is 2.53. The van der Waals surface area contributed by atoms with Crippen LogP contribution >= 0.6 is 0 Å². The van der Waals surface area contributed by atoms with Gasteiger partial charge in [-0.1, -0.05) is 24.3 Å². The topological polar surface area (TPSA) is 64.6 Å². The second kappa shape index (κ2) is 7.02. The van der Waals surface area contributed by atoms with Crippen molar-refractivity contribution in [1.29, 1.82) is 0 Å². The van der Waals surface area contributed by atoms with Gasteiger partial charge in [0.25, 0.3) is 0 Å². The van der Waals surface area contributed by atoms with Gasteiger partial charge in [-0.15, -0.1) is 0 Å². The van der Waals surface area contributed by atoms with Gasteiger partial charge in [0.1, 0.15) is 0 Å². The van der Waals surface area contributed by atoms with E-state index >= 15 is 0 Å². The Bertz CT molecular complexity index is 465. The van der Waals surface area contributed by atoms with Crippen molar-refractivity contribution in [2.24, 2.45) is 0 Å². The summed E-state index contributed by atoms with van der Waals surface area (Å²) < 4.78 is 0. The van der Waals surface area contributed by atoms with Crippen LogP contribution in [0.1, 0.15) is 25.0 Å². The standard InChI is InChI=1S/C16H25N3O2/c1-16(2,19-9-7-17-8-10-19)15(21)18-11-13-3-5-14(12-20)6-4-13/h3-6,17,20H,7-12H2,1-2H3,(H,18,21). The predicted octanol–water partition coefficient (Wildman–Crippen LogP) is 0.479. The van der Waals surface area contributed by atoms with Crippen LogP contribution in [0.3, 0.4) is 0 Å². The molecule has 0 atom stereocenters. The molecule has 21 heavy (non-hydrogen) atoms. The number of aliphatic hydroxyl groups is 1. The predicted molar refractivity (Wildman–Crippen MR) is 82.7 cm³/mol. The van der Waals surface area contributed by atoms with E-state index in [1.807, 2.05) is 38.1 Å². The van der Waals surface area contributed by atoms with Crippen molar-refractivity contribution in [3.05, 3.63) is 35.4 Å². The van der Waals surface area contributed by atoms with Gasteiger partial charge in [-0.05, 0) is 25.0 Å². The lowest BCUT2D eigenvalue weighted by atomic mass is 10.00. The van der Waals surface area contributed by atoms with E-state index in [9.17, 15) is 4.79 Å². The van der Waals surface area contributed by atoms with Crippen LogP contribution in [-0.4, -0.2) is 47.6 Å². The van der Waals surface area contributed by atoms with Gasteiger partial charge in [-0.25, -0.2) is 0 Å². The van der Waals surface area contributed by atoms with Gasteiger partial charge in [0.2, 0.25) is 5.91 Å². The van der Waals surface area contributed by atoms with Crippen LogP contribution in [0.25, 0.3) is 0 Å². The summed E-state index contributed by atoms with van der Waals surface area (Å²) in [5.74, 6) is 0.0515. The molecule has 1 aliphatic heterocycles. The van der Waals surface area contributed by atoms with Crippen LogP contribution < -0.4 is 10.6 Å². The fourth-order valence-corrected chi connectivity index (χ4v) is 2.53. The maximum atomic E-state index is 12.4. The number of hydrogen-bond donors (Lipinski definition) is 3. The third kappa shape index (κ3) is 4.03. The Kier molecular flexibility index (Phi) is 5.33. The van der Waals surface area contributed by atoms with Crippen LogP contribution in [0.5, 0.6) is 0 Å². The second-order valence-electron chi connectivity index (χ2n) is 5.95. The number of nitrogens with zero attached hydrogens (tertiary/aromatic N) is 1. The van der Waals surface area contributed by atoms with Gasteiger partial charge >= 0.3 is 0 Å². The summed E-state index contributed by atoms with van der Waals surface area (Å²) in [5, 5.41) is 15.3. The molecule has 0 saturated carbocycles. The van der Waals surface area contributed by atoms with E-state index in [-0.39, 0.29) is 12.5 Å². The zero-order valence-corrected chi connectivity index (χ0v) is 12.9. The zero-order chi connectivity index (χ0) is 15.3. The van der Waals surface area contributed by atoms with E-state index in [0.29, 0.717) is 6.54 Å². The number of benzene rings is 1. The minimum atomic E-state index is -0.493. The van der Waals surface area contributed by atoms with Crippen LogP contribution in [0.15, 0.2) is 24.3 Å². The molecule has 2 rings (SSSR count). The van der Waals surface area contributed by atoms with Gasteiger partial charge in [-0.2, -0.15) is 0 Å². The summed E-state index contributed by atoms with van der Waals surface area (Å²) in [6, 6.07) is 7.62. The molecule has 3 N–H and O–H groups in total. The van der Waals surface area contributed by atoms with Crippen molar-refractivity contribution in [3.63, 3.8) is 0 Å². The minimum Gasteiger partial charge on any atom is -0.392 e. The normalized spacial score (nSPS) is 16.7. The Balaban J connectivity index is 1.90. The quantitative estimate of drug-likeness (QED) is 0.738. The van der Waals surface area contributed by atoms with E-state index < -0.39 is 5.54 Å². The van der Waals surface area contributed by atoms with Crippen LogP contribution in [0.4, 0.5) is 0 Å². The van der Waals surface area contributed by atoms with Crippen molar-refractivity contribution >= 4 is 5.91 Å². The van der Waals surface area contributed by atoms with E-state index in [1.54, 1.807) is 0 Å². The van der Waals surface area contributed by atoms with Gasteiger partial charge < -0.3 is 15.7 Å². The number of aliphatic hydroxyl groups excluding tert-OH is 1. The van der Waals surface area contributed by atoms with Crippen LogP contribution in [0, 0.1) is 0 Å². The molecule has 0 spiro atoms. The number of rotatable bonds is 5. The van der Waals surface area contributed by atoms with Gasteiger partial charge in [-0.3, -0.25) is 9.69 Å². The molecule has 0 radical (unpaired) electrons. The minimum absolute atomic E-state index is 0.0443. The summed E-state index contributed by atoms with van der Waals surface area (Å²) in [6.45, 7) is 8.16. The Morgan fingerprint density at radius 2 is 1.81 bits per heavy atom. The number of piperazine rings is 1. The third-order valence-corrected chi connectivity index (χ3v) is 4.12. The summed E-state index contributed by atoms with van der Waals surface area (Å²) in [6.07, 6.45) is 0. The monoisotopic (exact) mass is 291 g/mol. The number of nitrogens with one attached hydrogen (secondary N) is 2. The second-order valence-corrected chi connectivity index (χ2v) is 5.95. The first-order valence-corrected chi connectivity index (χ1v) is 7.47. The van der Waals surface area contributed by atoms with Gasteiger partial charge in [0.15, 0.2) is 0 Å². The first kappa shape index (κ1) is 15.9. The molecule has 1 aromatic rings. The molecule has 0 unspecified atom stereocenters. The third-order valence-electron chi connectivity index (χ3n) is 4.12. The van der Waals surface area contributed by atoms with Crippen molar-refractivity contribution < 1.29 is 9.90 Å². The Hall–Kier alpha value is -1.43. The van der Waals surface area contributed by atoms with E-state index in [0.717, 1.165) is 37.3 Å². The fraction of sp³-hybridized carbons (Fsp3) is 0.562. The Morgan fingerprint density at radius 1 is 1.24 bits per heavy atom. The highest BCUT2D eigenvalue weighted by atomic mass is 16.3. The zero-order valence-electron chi connectivity index (χ0n) is 12.9. The molecule has 1 fully saturated rings. The lowest BCUT2D eigenvalue weighted by Gasteiger charge is -2.39. The smallest absolute Gasteiger partial charge is 0.240 e. The van der Waals surface area contributed by atoms with Crippen LogP contribution in [0.2, 0.25) is 0 Å². The summed E-state index contributed by atoms with van der Waals surface area (Å²) in [7, 11) is 0. The molecular formula is C16H25N3O2. The molecule has 116 valence electrons. The van der Waals surface area contributed by atoms with Gasteiger partial charge in [0.05, 0.1) is 12.1 Å². The first-order chi connectivity index (χ1) is 10.0. The van der Waals surface area contributed by atoms with Crippen molar-refractivity contribution in [2.45, 2.75) is 32.5 Å². The highest BCUT2D eigenvalue weighted by Crippen LogP contribution is 2.15. The highest BCUT2D eigenvalue weighted by molar-refractivity contribution is 5.85. The molecule has 1 saturated heterocycles. The molecule has 0 bridgehead atoms. The van der Waals surface area contributed by atoms with E-state index in [4.69, 9.17) is 5.11 Å². The molecule has 5 heteroatoms. The lowest BCUT2D eigenvalue weighted by molar-refractivity contribution is -0.132. The maximum Gasteiger partial charge on any atom is 0.240 e. The highest BCUT2D eigenvalue weighted by Gasteiger charge is 2.34.